The summed E-state index contributed by atoms with van der Waals surface area (Å²) < 4.78 is 0. The minimum Gasteiger partial charge on any atom is -0.179 e. The first-order valence-corrected chi connectivity index (χ1v) is 6.25. The van der Waals surface area contributed by atoms with Gasteiger partial charge < -0.3 is 0 Å². The monoisotopic (exact) mass is 208 g/mol. The molecule has 0 N–H and O–H groups in total. The van der Waals surface area contributed by atoms with E-state index in [0.29, 0.717) is 5.25 Å². The van der Waals surface area contributed by atoms with Crippen LogP contribution in [0.1, 0.15) is 52.9 Å². The molecule has 76 valence electrons. The van der Waals surface area contributed by atoms with E-state index < -0.39 is 0 Å². The zero-order valence-electron chi connectivity index (χ0n) is 8.71. The summed E-state index contributed by atoms with van der Waals surface area (Å²) >= 11 is 8.59. The molecule has 2 heteroatoms. The van der Waals surface area contributed by atoms with E-state index in [4.69, 9.17) is 0 Å². The van der Waals surface area contributed by atoms with Crippen LogP contribution in [-0.4, -0.2) is 11.0 Å². The highest BCUT2D eigenvalue weighted by atomic mass is 32.1. The smallest absolute Gasteiger partial charge is 0.00245 e. The number of thiol groups is 2. The van der Waals surface area contributed by atoms with Crippen molar-refractivity contribution in [1.29, 1.82) is 0 Å². The SMILES string of the molecule is CC.CCCCCC(S)CCS. The Labute approximate surface area is 89.3 Å². The Morgan fingerprint density at radius 1 is 1.08 bits per heavy atom. The molecule has 0 saturated heterocycles. The van der Waals surface area contributed by atoms with Crippen LogP contribution in [0.15, 0.2) is 0 Å². The molecule has 0 heterocycles. The number of rotatable bonds is 6. The molecular formula is C10H24S2. The molecule has 0 aromatic heterocycles. The highest BCUT2D eigenvalue weighted by Gasteiger charge is 1.99. The van der Waals surface area contributed by atoms with Crippen LogP contribution in [0.5, 0.6) is 0 Å². The molecule has 0 aromatic carbocycles. The molecule has 0 aliphatic heterocycles. The second-order valence-electron chi connectivity index (χ2n) is 2.66. The zero-order chi connectivity index (χ0) is 9.82. The van der Waals surface area contributed by atoms with Gasteiger partial charge in [0.15, 0.2) is 0 Å². The van der Waals surface area contributed by atoms with Crippen LogP contribution < -0.4 is 0 Å². The van der Waals surface area contributed by atoms with Crippen LogP contribution in [0.4, 0.5) is 0 Å². The van der Waals surface area contributed by atoms with Gasteiger partial charge in [-0.2, -0.15) is 25.3 Å². The summed E-state index contributed by atoms with van der Waals surface area (Å²) in [6, 6.07) is 0. The molecule has 12 heavy (non-hydrogen) atoms. The fourth-order valence-corrected chi connectivity index (χ4v) is 1.75. The van der Waals surface area contributed by atoms with Crippen molar-refractivity contribution in [2.45, 2.75) is 58.1 Å². The quantitative estimate of drug-likeness (QED) is 0.474. The van der Waals surface area contributed by atoms with E-state index in [9.17, 15) is 0 Å². The van der Waals surface area contributed by atoms with Crippen molar-refractivity contribution in [3.8, 4) is 0 Å². The number of hydrogen-bond donors (Lipinski definition) is 2. The third-order valence-electron chi connectivity index (χ3n) is 1.60. The van der Waals surface area contributed by atoms with Crippen LogP contribution in [0, 0.1) is 0 Å². The highest BCUT2D eigenvalue weighted by molar-refractivity contribution is 7.81. The normalized spacial score (nSPS) is 11.8. The van der Waals surface area contributed by atoms with E-state index in [1.54, 1.807) is 0 Å². The zero-order valence-corrected chi connectivity index (χ0v) is 10.5. The first-order chi connectivity index (χ1) is 5.81. The van der Waals surface area contributed by atoms with Gasteiger partial charge in [-0.25, -0.2) is 0 Å². The summed E-state index contributed by atoms with van der Waals surface area (Å²) in [5.74, 6) is 0.973. The molecule has 0 aromatic rings. The Morgan fingerprint density at radius 2 is 1.67 bits per heavy atom. The average Bonchev–Trinajstić information content (AvgIpc) is 2.09. The van der Waals surface area contributed by atoms with E-state index in [0.717, 1.165) is 12.2 Å². The maximum atomic E-state index is 4.43. The van der Waals surface area contributed by atoms with Gasteiger partial charge in [0.25, 0.3) is 0 Å². The molecular weight excluding hydrogens is 184 g/mol. The summed E-state index contributed by atoms with van der Waals surface area (Å²) in [7, 11) is 0. The van der Waals surface area contributed by atoms with Crippen LogP contribution in [0.3, 0.4) is 0 Å². The van der Waals surface area contributed by atoms with Crippen LogP contribution >= 0.6 is 25.3 Å². The van der Waals surface area contributed by atoms with Crippen molar-refractivity contribution >= 4 is 25.3 Å². The van der Waals surface area contributed by atoms with Crippen LogP contribution in [-0.2, 0) is 0 Å². The lowest BCUT2D eigenvalue weighted by Gasteiger charge is -2.06. The Balaban J connectivity index is 0. The molecule has 0 nitrogen and oxygen atoms in total. The van der Waals surface area contributed by atoms with Gasteiger partial charge in [-0.05, 0) is 18.6 Å². The largest absolute Gasteiger partial charge is 0.179 e. The molecule has 0 aliphatic carbocycles. The minimum absolute atomic E-state index is 0.587. The Morgan fingerprint density at radius 3 is 2.08 bits per heavy atom. The number of unbranched alkanes of at least 4 members (excludes halogenated alkanes) is 2. The fourth-order valence-electron chi connectivity index (χ4n) is 0.923. The lowest BCUT2D eigenvalue weighted by atomic mass is 10.1. The Bertz CT molecular complexity index is 64.9. The van der Waals surface area contributed by atoms with Crippen LogP contribution in [0.25, 0.3) is 0 Å². The van der Waals surface area contributed by atoms with E-state index >= 15 is 0 Å². The molecule has 0 aliphatic rings. The van der Waals surface area contributed by atoms with Gasteiger partial charge in [-0.1, -0.05) is 40.0 Å². The fraction of sp³-hybridized carbons (Fsp3) is 1.00. The molecule has 1 atom stereocenters. The van der Waals surface area contributed by atoms with E-state index in [1.807, 2.05) is 13.8 Å². The second-order valence-corrected chi connectivity index (χ2v) is 3.84. The molecule has 0 radical (unpaired) electrons. The van der Waals surface area contributed by atoms with Gasteiger partial charge in [0.2, 0.25) is 0 Å². The third-order valence-corrected chi connectivity index (χ3v) is 2.38. The van der Waals surface area contributed by atoms with E-state index in [-0.39, 0.29) is 0 Å². The lowest BCUT2D eigenvalue weighted by Crippen LogP contribution is -1.98. The van der Waals surface area contributed by atoms with Crippen molar-refractivity contribution in [1.82, 2.24) is 0 Å². The second kappa shape index (κ2) is 14.2. The number of hydrogen-bond acceptors (Lipinski definition) is 2. The topological polar surface area (TPSA) is 0 Å². The maximum absolute atomic E-state index is 4.43. The molecule has 0 rings (SSSR count). The van der Waals surface area contributed by atoms with Crippen molar-refractivity contribution in [3.05, 3.63) is 0 Å². The molecule has 0 spiro atoms. The van der Waals surface area contributed by atoms with Gasteiger partial charge in [0.1, 0.15) is 0 Å². The average molecular weight is 208 g/mol. The lowest BCUT2D eigenvalue weighted by molar-refractivity contribution is 0.640. The van der Waals surface area contributed by atoms with Crippen molar-refractivity contribution in [3.63, 3.8) is 0 Å². The third kappa shape index (κ3) is 13.3. The van der Waals surface area contributed by atoms with Gasteiger partial charge in [0, 0.05) is 5.25 Å². The van der Waals surface area contributed by atoms with E-state index in [2.05, 4.69) is 32.2 Å². The summed E-state index contributed by atoms with van der Waals surface area (Å²) in [4.78, 5) is 0. The predicted molar refractivity (Wildman–Crippen MR) is 66.7 cm³/mol. The van der Waals surface area contributed by atoms with E-state index in [1.165, 1.54) is 25.7 Å². The maximum Gasteiger partial charge on any atom is 0.00245 e. The van der Waals surface area contributed by atoms with Crippen molar-refractivity contribution < 1.29 is 0 Å². The molecule has 0 fully saturated rings. The minimum atomic E-state index is 0.587. The first kappa shape index (κ1) is 15.2. The summed E-state index contributed by atoms with van der Waals surface area (Å²) in [5, 5.41) is 0.587. The predicted octanol–water partition coefficient (Wildman–Crippen LogP) is 4.21. The Kier molecular flexibility index (Phi) is 18.0. The van der Waals surface area contributed by atoms with Gasteiger partial charge in [-0.3, -0.25) is 0 Å². The summed E-state index contributed by atoms with van der Waals surface area (Å²) in [6.45, 7) is 6.23. The molecule has 0 amide bonds. The Hall–Kier alpha value is 0.700. The highest BCUT2D eigenvalue weighted by Crippen LogP contribution is 2.12. The van der Waals surface area contributed by atoms with Gasteiger partial charge in [-0.15, -0.1) is 0 Å². The first-order valence-electron chi connectivity index (χ1n) is 5.10. The van der Waals surface area contributed by atoms with Crippen molar-refractivity contribution in [2.24, 2.45) is 0 Å². The standard InChI is InChI=1S/C8H18S2.C2H6/c1-2-3-4-5-8(10)6-7-9;1-2/h8-10H,2-7H2,1H3;1-2H3. The van der Waals surface area contributed by atoms with Gasteiger partial charge >= 0.3 is 0 Å². The summed E-state index contributed by atoms with van der Waals surface area (Å²) in [6.07, 6.45) is 6.40. The molecule has 0 saturated carbocycles. The van der Waals surface area contributed by atoms with Crippen LogP contribution in [0.2, 0.25) is 0 Å². The molecule has 1 unspecified atom stereocenters. The summed E-state index contributed by atoms with van der Waals surface area (Å²) in [5.41, 5.74) is 0. The van der Waals surface area contributed by atoms with Gasteiger partial charge in [0.05, 0.1) is 0 Å². The molecule has 0 bridgehead atoms. The van der Waals surface area contributed by atoms with Crippen molar-refractivity contribution in [2.75, 3.05) is 5.75 Å².